The van der Waals surface area contributed by atoms with Gasteiger partial charge in [0.1, 0.15) is 0 Å². The number of hydrogen-bond acceptors (Lipinski definition) is 1. The molecule has 0 spiro atoms. The first-order valence-corrected chi connectivity index (χ1v) is 7.30. The van der Waals surface area contributed by atoms with Crippen molar-refractivity contribution in [3.8, 4) is 0 Å². The van der Waals surface area contributed by atoms with Crippen molar-refractivity contribution in [2.45, 2.75) is 46.0 Å². The summed E-state index contributed by atoms with van der Waals surface area (Å²) in [5.74, 6) is 0.363. The van der Waals surface area contributed by atoms with E-state index in [2.05, 4.69) is 18.0 Å². The van der Waals surface area contributed by atoms with Gasteiger partial charge in [-0.1, -0.05) is 38.0 Å². The topological polar surface area (TPSA) is 32.9 Å². The quantitative estimate of drug-likeness (QED) is 0.797. The van der Waals surface area contributed by atoms with Crippen LogP contribution in [0, 0.1) is 12.3 Å². The van der Waals surface area contributed by atoms with Crippen LogP contribution in [0.4, 0.5) is 0 Å². The zero-order valence-corrected chi connectivity index (χ0v) is 11.8. The van der Waals surface area contributed by atoms with E-state index in [-0.39, 0.29) is 5.41 Å². The third kappa shape index (κ3) is 1.81. The number of carbonyl (C=O) groups excluding carboxylic acids is 1. The Morgan fingerprint density at radius 2 is 1.95 bits per heavy atom. The second-order valence-electron chi connectivity index (χ2n) is 5.84. The molecule has 1 fully saturated rings. The summed E-state index contributed by atoms with van der Waals surface area (Å²) in [5, 5.41) is 1.09. The van der Waals surface area contributed by atoms with Gasteiger partial charge in [0.05, 0.1) is 0 Å². The van der Waals surface area contributed by atoms with Crippen LogP contribution in [0.25, 0.3) is 10.9 Å². The fourth-order valence-corrected chi connectivity index (χ4v) is 3.63. The van der Waals surface area contributed by atoms with Crippen molar-refractivity contribution in [3.05, 3.63) is 35.5 Å². The number of aryl methyl sites for hydroxylation is 1. The van der Waals surface area contributed by atoms with Crippen LogP contribution in [0.1, 0.15) is 55.1 Å². The fraction of sp³-hybridized carbons (Fsp3) is 0.471. The number of para-hydroxylation sites is 1. The Labute approximate surface area is 114 Å². The molecule has 0 bridgehead atoms. The smallest absolute Gasteiger partial charge is 0.171 e. The fourth-order valence-electron chi connectivity index (χ4n) is 3.63. The molecule has 100 valence electrons. The maximum atomic E-state index is 13.1. The largest absolute Gasteiger partial charge is 0.358 e. The minimum Gasteiger partial charge on any atom is -0.358 e. The Balaban J connectivity index is 2.13. The lowest BCUT2D eigenvalue weighted by molar-refractivity contribution is 0.0792. The average molecular weight is 255 g/mol. The van der Waals surface area contributed by atoms with Crippen molar-refractivity contribution in [2.24, 2.45) is 5.41 Å². The van der Waals surface area contributed by atoms with Crippen LogP contribution in [-0.2, 0) is 0 Å². The zero-order chi connectivity index (χ0) is 13.5. The van der Waals surface area contributed by atoms with Crippen LogP contribution in [-0.4, -0.2) is 10.8 Å². The lowest BCUT2D eigenvalue weighted by Crippen LogP contribution is -2.27. The lowest BCUT2D eigenvalue weighted by Gasteiger charge is -2.25. The van der Waals surface area contributed by atoms with Gasteiger partial charge in [-0.25, -0.2) is 0 Å². The summed E-state index contributed by atoms with van der Waals surface area (Å²) in [7, 11) is 0. The summed E-state index contributed by atoms with van der Waals surface area (Å²) in [6, 6.07) is 8.13. The van der Waals surface area contributed by atoms with Crippen molar-refractivity contribution >= 4 is 16.7 Å². The van der Waals surface area contributed by atoms with Crippen LogP contribution in [0.15, 0.2) is 24.3 Å². The van der Waals surface area contributed by atoms with Gasteiger partial charge in [0.25, 0.3) is 0 Å². The highest BCUT2D eigenvalue weighted by atomic mass is 16.1. The molecule has 0 radical (unpaired) electrons. The van der Waals surface area contributed by atoms with Crippen LogP contribution < -0.4 is 0 Å². The molecule has 0 saturated heterocycles. The van der Waals surface area contributed by atoms with E-state index in [1.165, 1.54) is 12.8 Å². The molecule has 2 heteroatoms. The maximum Gasteiger partial charge on any atom is 0.171 e. The van der Waals surface area contributed by atoms with Gasteiger partial charge >= 0.3 is 0 Å². The van der Waals surface area contributed by atoms with Gasteiger partial charge in [-0.15, -0.1) is 0 Å². The van der Waals surface area contributed by atoms with Gasteiger partial charge in [0.15, 0.2) is 5.78 Å². The predicted octanol–water partition coefficient (Wildman–Crippen LogP) is 4.63. The molecular formula is C17H21NO. The molecule has 1 N–H and O–H groups in total. The molecule has 2 aromatic rings. The number of nitrogens with one attached hydrogen (secondary N) is 1. The third-order valence-corrected chi connectivity index (χ3v) is 4.84. The molecule has 0 atom stereocenters. The third-order valence-electron chi connectivity index (χ3n) is 4.84. The average Bonchev–Trinajstić information content (AvgIpc) is 3.02. The number of fused-ring (bicyclic) bond motifs is 1. The molecular weight excluding hydrogens is 234 g/mol. The summed E-state index contributed by atoms with van der Waals surface area (Å²) in [5.41, 5.74) is 2.92. The first-order chi connectivity index (χ1) is 9.18. The van der Waals surface area contributed by atoms with Gasteiger partial charge in [-0.3, -0.25) is 4.79 Å². The van der Waals surface area contributed by atoms with Crippen molar-refractivity contribution in [2.75, 3.05) is 0 Å². The van der Waals surface area contributed by atoms with E-state index in [9.17, 15) is 4.79 Å². The van der Waals surface area contributed by atoms with Crippen molar-refractivity contribution in [1.29, 1.82) is 0 Å². The molecule has 2 nitrogen and oxygen atoms in total. The number of aromatic amines is 1. The maximum absolute atomic E-state index is 13.1. The number of ketones is 1. The highest BCUT2D eigenvalue weighted by Crippen LogP contribution is 2.44. The summed E-state index contributed by atoms with van der Waals surface area (Å²) < 4.78 is 0. The number of aromatic nitrogens is 1. The van der Waals surface area contributed by atoms with Crippen LogP contribution >= 0.6 is 0 Å². The SMILES string of the molecule is CCC1(C(=O)c2c(C)[nH]c3ccccc23)CCCC1. The van der Waals surface area contributed by atoms with Crippen molar-refractivity contribution in [1.82, 2.24) is 4.98 Å². The van der Waals surface area contributed by atoms with Crippen LogP contribution in [0.3, 0.4) is 0 Å². The van der Waals surface area contributed by atoms with Crippen molar-refractivity contribution in [3.63, 3.8) is 0 Å². The number of rotatable bonds is 3. The molecule has 0 unspecified atom stereocenters. The number of carbonyl (C=O) groups is 1. The van der Waals surface area contributed by atoms with E-state index >= 15 is 0 Å². The molecule has 1 aromatic carbocycles. The highest BCUT2D eigenvalue weighted by Gasteiger charge is 2.41. The molecule has 1 aliphatic rings. The number of hydrogen-bond donors (Lipinski definition) is 1. The standard InChI is InChI=1S/C17H21NO/c1-3-17(10-6-7-11-17)16(19)15-12(2)18-14-9-5-4-8-13(14)15/h4-5,8-9,18H,3,6-7,10-11H2,1-2H3. The minimum atomic E-state index is -0.101. The molecule has 1 saturated carbocycles. The Hall–Kier alpha value is -1.57. The van der Waals surface area contributed by atoms with Crippen LogP contribution in [0.5, 0.6) is 0 Å². The predicted molar refractivity (Wildman–Crippen MR) is 78.6 cm³/mol. The summed E-state index contributed by atoms with van der Waals surface area (Å²) in [6.07, 6.45) is 5.47. The second-order valence-corrected chi connectivity index (χ2v) is 5.84. The molecule has 3 rings (SSSR count). The van der Waals surface area contributed by atoms with Gasteiger partial charge in [-0.2, -0.15) is 0 Å². The van der Waals surface area contributed by atoms with E-state index in [4.69, 9.17) is 0 Å². The van der Waals surface area contributed by atoms with Crippen LogP contribution in [0.2, 0.25) is 0 Å². The molecule has 1 aromatic heterocycles. The van der Waals surface area contributed by atoms with E-state index in [0.717, 1.165) is 41.4 Å². The lowest BCUT2D eigenvalue weighted by atomic mass is 9.76. The monoisotopic (exact) mass is 255 g/mol. The first-order valence-electron chi connectivity index (χ1n) is 7.30. The zero-order valence-electron chi connectivity index (χ0n) is 11.8. The first kappa shape index (κ1) is 12.5. The van der Waals surface area contributed by atoms with Gasteiger partial charge in [0.2, 0.25) is 0 Å². The highest BCUT2D eigenvalue weighted by molar-refractivity contribution is 6.11. The number of benzene rings is 1. The second kappa shape index (κ2) is 4.52. The molecule has 1 heterocycles. The molecule has 0 amide bonds. The Morgan fingerprint density at radius 3 is 2.63 bits per heavy atom. The Morgan fingerprint density at radius 1 is 1.26 bits per heavy atom. The Bertz CT molecular complexity index is 617. The van der Waals surface area contributed by atoms with E-state index < -0.39 is 0 Å². The molecule has 19 heavy (non-hydrogen) atoms. The van der Waals surface area contributed by atoms with E-state index in [0.29, 0.717) is 5.78 Å². The number of Topliss-reactive ketones (excluding diaryl/α,β-unsaturated/α-hetero) is 1. The summed E-state index contributed by atoms with van der Waals surface area (Å²) in [6.45, 7) is 4.18. The summed E-state index contributed by atoms with van der Waals surface area (Å²) in [4.78, 5) is 16.4. The van der Waals surface area contributed by atoms with Gasteiger partial charge in [0, 0.05) is 27.6 Å². The normalized spacial score (nSPS) is 18.0. The van der Waals surface area contributed by atoms with Gasteiger partial charge < -0.3 is 4.98 Å². The van der Waals surface area contributed by atoms with Crippen molar-refractivity contribution < 1.29 is 4.79 Å². The minimum absolute atomic E-state index is 0.101. The Kier molecular flexibility index (Phi) is 2.96. The summed E-state index contributed by atoms with van der Waals surface area (Å²) >= 11 is 0. The number of H-pyrrole nitrogens is 1. The molecule has 1 aliphatic carbocycles. The van der Waals surface area contributed by atoms with E-state index in [1.807, 2.05) is 25.1 Å². The van der Waals surface area contributed by atoms with E-state index in [1.54, 1.807) is 0 Å². The molecule has 0 aliphatic heterocycles. The van der Waals surface area contributed by atoms with Gasteiger partial charge in [-0.05, 0) is 32.3 Å².